The van der Waals surface area contributed by atoms with E-state index in [0.717, 1.165) is 8.97 Å². The Balaban J connectivity index is 0. The third kappa shape index (κ3) is 16.5. The maximum atomic E-state index is 2.27. The Morgan fingerprint density at radius 2 is 0.800 bits per heavy atom. The van der Waals surface area contributed by atoms with Gasteiger partial charge in [-0.2, -0.15) is 0 Å². The molecule has 0 atom stereocenters. The lowest BCUT2D eigenvalue weighted by molar-refractivity contribution is -0.871. The Hall–Kier alpha value is -0.120. The molecule has 0 saturated heterocycles. The van der Waals surface area contributed by atoms with E-state index >= 15 is 0 Å². The van der Waals surface area contributed by atoms with Gasteiger partial charge < -0.3 is 14.4 Å². The fraction of sp³-hybridized carbons (Fsp3) is 1.00. The van der Waals surface area contributed by atoms with E-state index in [1.54, 1.807) is 0 Å². The molecule has 0 heterocycles. The second kappa shape index (κ2) is 7.20. The summed E-state index contributed by atoms with van der Waals surface area (Å²) in [4.78, 5) is 0. The average molecular weight is 219 g/mol. The van der Waals surface area contributed by atoms with Crippen LogP contribution in [-0.2, 0) is 0 Å². The van der Waals surface area contributed by atoms with Crippen molar-refractivity contribution in [1.29, 1.82) is 0 Å². The van der Waals surface area contributed by atoms with Crippen LogP contribution in [0.3, 0.4) is 0 Å². The Labute approximate surface area is 96.2 Å². The second-order valence-electron chi connectivity index (χ2n) is 6.44. The molecule has 0 unspecified atom stereocenters. The Morgan fingerprint density at radius 1 is 0.533 bits per heavy atom. The van der Waals surface area contributed by atoms with Gasteiger partial charge in [-0.25, -0.2) is 0 Å². The minimum atomic E-state index is 0. The Bertz CT molecular complexity index is 127. The molecule has 0 spiro atoms. The molecule has 94 valence electrons. The lowest BCUT2D eigenvalue weighted by Gasteiger charge is -2.25. The average Bonchev–Trinajstić information content (AvgIpc) is 1.92. The summed E-state index contributed by atoms with van der Waals surface area (Å²) in [6.07, 6.45) is 5.55. The molecule has 0 saturated carbocycles. The SMILES string of the molecule is C[N+](C)(C)CCCCCC[N+](C)(C)C.[OH-]. The fourth-order valence-corrected chi connectivity index (χ4v) is 1.53. The van der Waals surface area contributed by atoms with Gasteiger partial charge >= 0.3 is 0 Å². The molecule has 0 rings (SSSR count). The van der Waals surface area contributed by atoms with Gasteiger partial charge in [0.2, 0.25) is 0 Å². The van der Waals surface area contributed by atoms with E-state index in [-0.39, 0.29) is 5.48 Å². The molecule has 0 radical (unpaired) electrons. The molecule has 0 aromatic carbocycles. The molecule has 3 nitrogen and oxygen atoms in total. The number of hydrogen-bond donors (Lipinski definition) is 0. The van der Waals surface area contributed by atoms with Gasteiger partial charge in [-0.15, -0.1) is 0 Å². The van der Waals surface area contributed by atoms with Crippen molar-refractivity contribution in [2.45, 2.75) is 25.7 Å². The molecular weight excluding hydrogens is 188 g/mol. The summed E-state index contributed by atoms with van der Waals surface area (Å²) in [5, 5.41) is 0. The number of hydrogen-bond acceptors (Lipinski definition) is 1. The highest BCUT2D eigenvalue weighted by molar-refractivity contribution is 4.42. The van der Waals surface area contributed by atoms with Crippen molar-refractivity contribution in [3.8, 4) is 0 Å². The van der Waals surface area contributed by atoms with E-state index in [0.29, 0.717) is 0 Å². The topological polar surface area (TPSA) is 30.0 Å². The van der Waals surface area contributed by atoms with Crippen LogP contribution in [0.15, 0.2) is 0 Å². The molecule has 1 N–H and O–H groups in total. The normalized spacial score (nSPS) is 12.4. The van der Waals surface area contributed by atoms with Crippen molar-refractivity contribution in [2.24, 2.45) is 0 Å². The molecule has 0 aliphatic carbocycles. The third-order valence-corrected chi connectivity index (χ3v) is 2.41. The quantitative estimate of drug-likeness (QED) is 0.474. The smallest absolute Gasteiger partial charge is 0.0780 e. The summed E-state index contributed by atoms with van der Waals surface area (Å²) >= 11 is 0. The van der Waals surface area contributed by atoms with Crippen LogP contribution < -0.4 is 0 Å². The van der Waals surface area contributed by atoms with Gasteiger partial charge in [-0.1, -0.05) is 0 Å². The van der Waals surface area contributed by atoms with Crippen molar-refractivity contribution in [2.75, 3.05) is 55.4 Å². The van der Waals surface area contributed by atoms with Crippen LogP contribution in [0.1, 0.15) is 25.7 Å². The van der Waals surface area contributed by atoms with Gasteiger partial charge in [-0.05, 0) is 25.7 Å². The molecular formula is C12H31N2O+. The van der Waals surface area contributed by atoms with Crippen molar-refractivity contribution < 1.29 is 14.4 Å². The lowest BCUT2D eigenvalue weighted by Crippen LogP contribution is -2.35. The molecule has 0 aliphatic heterocycles. The van der Waals surface area contributed by atoms with E-state index in [1.807, 2.05) is 0 Å². The Kier molecular flexibility index (Phi) is 8.30. The number of quaternary nitrogens is 2. The summed E-state index contributed by atoms with van der Waals surface area (Å²) < 4.78 is 2.21. The monoisotopic (exact) mass is 219 g/mol. The highest BCUT2D eigenvalue weighted by Gasteiger charge is 2.07. The summed E-state index contributed by atoms with van der Waals surface area (Å²) in [6, 6.07) is 0. The van der Waals surface area contributed by atoms with E-state index in [1.165, 1.54) is 38.8 Å². The highest BCUT2D eigenvalue weighted by atomic mass is 16.0. The minimum absolute atomic E-state index is 0. The molecule has 0 bridgehead atoms. The first kappa shape index (κ1) is 17.3. The maximum Gasteiger partial charge on any atom is 0.0780 e. The fourth-order valence-electron chi connectivity index (χ4n) is 1.53. The first-order valence-electron chi connectivity index (χ1n) is 5.82. The first-order chi connectivity index (χ1) is 6.21. The van der Waals surface area contributed by atoms with Crippen molar-refractivity contribution in [3.05, 3.63) is 0 Å². The van der Waals surface area contributed by atoms with Crippen molar-refractivity contribution in [1.82, 2.24) is 0 Å². The van der Waals surface area contributed by atoms with Gasteiger partial charge in [0.1, 0.15) is 0 Å². The Morgan fingerprint density at radius 3 is 1.00 bits per heavy atom. The van der Waals surface area contributed by atoms with Crippen LogP contribution in [0.5, 0.6) is 0 Å². The van der Waals surface area contributed by atoms with Gasteiger partial charge in [0.05, 0.1) is 55.4 Å². The molecule has 0 amide bonds. The van der Waals surface area contributed by atoms with Crippen LogP contribution in [-0.4, -0.2) is 69.8 Å². The van der Waals surface area contributed by atoms with Crippen LogP contribution >= 0.6 is 0 Å². The molecule has 0 aromatic heterocycles. The van der Waals surface area contributed by atoms with E-state index in [9.17, 15) is 0 Å². The number of unbranched alkanes of at least 4 members (excludes halogenated alkanes) is 3. The van der Waals surface area contributed by atoms with E-state index in [2.05, 4.69) is 42.3 Å². The summed E-state index contributed by atoms with van der Waals surface area (Å²) in [6.45, 7) is 2.62. The van der Waals surface area contributed by atoms with Crippen molar-refractivity contribution >= 4 is 0 Å². The van der Waals surface area contributed by atoms with Gasteiger partial charge in [0.15, 0.2) is 0 Å². The predicted octanol–water partition coefficient (Wildman–Crippen LogP) is 1.78. The zero-order chi connectivity index (χ0) is 11.2. The number of rotatable bonds is 7. The molecule has 15 heavy (non-hydrogen) atoms. The third-order valence-electron chi connectivity index (χ3n) is 2.41. The first-order valence-corrected chi connectivity index (χ1v) is 5.82. The van der Waals surface area contributed by atoms with E-state index in [4.69, 9.17) is 0 Å². The zero-order valence-electron chi connectivity index (χ0n) is 11.6. The molecule has 0 aromatic rings. The van der Waals surface area contributed by atoms with Gasteiger partial charge in [-0.3, -0.25) is 0 Å². The van der Waals surface area contributed by atoms with Crippen LogP contribution in [0.2, 0.25) is 0 Å². The maximum absolute atomic E-state index is 2.27. The zero-order valence-corrected chi connectivity index (χ0v) is 11.6. The summed E-state index contributed by atoms with van der Waals surface area (Å²) in [5.74, 6) is 0. The predicted molar refractivity (Wildman–Crippen MR) is 66.2 cm³/mol. The summed E-state index contributed by atoms with van der Waals surface area (Å²) in [5.41, 5.74) is 0. The second-order valence-corrected chi connectivity index (χ2v) is 6.44. The molecule has 0 aliphatic rings. The lowest BCUT2D eigenvalue weighted by atomic mass is 10.1. The highest BCUT2D eigenvalue weighted by Crippen LogP contribution is 2.05. The van der Waals surface area contributed by atoms with Crippen LogP contribution in [0, 0.1) is 0 Å². The van der Waals surface area contributed by atoms with Gasteiger partial charge in [0.25, 0.3) is 0 Å². The van der Waals surface area contributed by atoms with Crippen LogP contribution in [0.25, 0.3) is 0 Å². The summed E-state index contributed by atoms with van der Waals surface area (Å²) in [7, 11) is 13.6. The standard InChI is InChI=1S/C12H30N2.H2O/c1-13(2,3)11-9-7-8-10-12-14(4,5)6;/h7-12H2,1-6H3;1H2/q+2;/p-1. The molecule has 3 heteroatoms. The largest absolute Gasteiger partial charge is 0.870 e. The molecule has 0 fully saturated rings. The van der Waals surface area contributed by atoms with E-state index < -0.39 is 0 Å². The van der Waals surface area contributed by atoms with Crippen LogP contribution in [0.4, 0.5) is 0 Å². The van der Waals surface area contributed by atoms with Crippen molar-refractivity contribution in [3.63, 3.8) is 0 Å². The van der Waals surface area contributed by atoms with Gasteiger partial charge in [0, 0.05) is 0 Å². The minimum Gasteiger partial charge on any atom is -0.870 e. The number of nitrogens with zero attached hydrogens (tertiary/aromatic N) is 2.